The lowest BCUT2D eigenvalue weighted by molar-refractivity contribution is -0.128. The van der Waals surface area contributed by atoms with Crippen molar-refractivity contribution in [3.63, 3.8) is 0 Å². The molecule has 6 saturated carbocycles. The van der Waals surface area contributed by atoms with Crippen molar-refractivity contribution in [2.24, 2.45) is 59.2 Å². The molecule has 0 aromatic heterocycles. The van der Waals surface area contributed by atoms with Crippen LogP contribution in [0.25, 0.3) is 0 Å². The quantitative estimate of drug-likeness (QED) is 0.595. The Morgan fingerprint density at radius 3 is 2.11 bits per heavy atom. The zero-order valence-corrected chi connectivity index (χ0v) is 20.9. The van der Waals surface area contributed by atoms with E-state index >= 15 is 0 Å². The van der Waals surface area contributed by atoms with Crippen LogP contribution in [-0.2, 0) is 24.5 Å². The number of benzene rings is 2. The molecule has 35 heavy (non-hydrogen) atoms. The van der Waals surface area contributed by atoms with Crippen molar-refractivity contribution in [2.75, 3.05) is 5.75 Å². The summed E-state index contributed by atoms with van der Waals surface area (Å²) in [5, 5.41) is 0. The molecule has 2 bridgehead atoms. The van der Waals surface area contributed by atoms with Gasteiger partial charge < -0.3 is 0 Å². The van der Waals surface area contributed by atoms with Crippen LogP contribution in [-0.4, -0.2) is 33.1 Å². The van der Waals surface area contributed by atoms with Gasteiger partial charge in [0.2, 0.25) is 0 Å². The van der Waals surface area contributed by atoms with Gasteiger partial charge in [-0.25, -0.2) is 16.8 Å². The molecule has 11 atom stereocenters. The topological polar surface area (TPSA) is 85.3 Å². The molecule has 2 aromatic rings. The van der Waals surface area contributed by atoms with Gasteiger partial charge in [0.25, 0.3) is 0 Å². The largest absolute Gasteiger partial charge is 0.299 e. The average molecular weight is 509 g/mol. The summed E-state index contributed by atoms with van der Waals surface area (Å²) < 4.78 is 53.6. The number of rotatable bonds is 6. The van der Waals surface area contributed by atoms with Crippen molar-refractivity contribution >= 4 is 25.5 Å². The van der Waals surface area contributed by atoms with Crippen LogP contribution in [0.5, 0.6) is 0 Å². The van der Waals surface area contributed by atoms with Crippen molar-refractivity contribution in [3.8, 4) is 0 Å². The minimum Gasteiger partial charge on any atom is -0.299 e. The standard InChI is InChI=1S/C28H28O5S2/c29-27-24-17(11-12-34(30,31)15-7-3-1-4-8-15)18-13-20-21-19-14-28(20,26(27)23(19)25(24)22(18)21)35(32,33)16-9-5-2-6-10-16/h1-10,17-26H,11-14H2/t17-,18+,19+,20+,21+,22+,23+,24+,25-,26-,28+/m0/s1. The monoisotopic (exact) mass is 508 g/mol. The van der Waals surface area contributed by atoms with Gasteiger partial charge in [-0.05, 0) is 90.9 Å². The van der Waals surface area contributed by atoms with E-state index in [0.29, 0.717) is 40.4 Å². The fourth-order valence-corrected chi connectivity index (χ4v) is 14.8. The molecule has 0 spiro atoms. The fraction of sp³-hybridized carbons (Fsp3) is 0.536. The second-order valence-corrected chi connectivity index (χ2v) is 16.3. The van der Waals surface area contributed by atoms with Crippen molar-refractivity contribution in [2.45, 2.75) is 33.8 Å². The highest BCUT2D eigenvalue weighted by Gasteiger charge is 2.88. The Labute approximate surface area is 206 Å². The van der Waals surface area contributed by atoms with E-state index in [1.165, 1.54) is 0 Å². The van der Waals surface area contributed by atoms with Crippen LogP contribution in [0.2, 0.25) is 0 Å². The third kappa shape index (κ3) is 2.22. The lowest BCUT2D eigenvalue weighted by Crippen LogP contribution is -2.53. The molecule has 0 unspecified atom stereocenters. The molecular formula is C28H28O5S2. The molecule has 6 aliphatic carbocycles. The second kappa shape index (κ2) is 6.46. The number of sulfone groups is 2. The summed E-state index contributed by atoms with van der Waals surface area (Å²) in [5.74, 6) is 1.70. The average Bonchev–Trinajstić information content (AvgIpc) is 3.64. The van der Waals surface area contributed by atoms with E-state index in [1.54, 1.807) is 48.5 Å². The molecule has 0 saturated heterocycles. The Balaban J connectivity index is 1.18. The maximum Gasteiger partial charge on any atom is 0.185 e. The van der Waals surface area contributed by atoms with Crippen molar-refractivity contribution in [1.82, 2.24) is 0 Å². The molecule has 0 amide bonds. The van der Waals surface area contributed by atoms with Gasteiger partial charge in [-0.2, -0.15) is 0 Å². The molecule has 5 nitrogen and oxygen atoms in total. The lowest BCUT2D eigenvalue weighted by Gasteiger charge is -2.42. The zero-order valence-electron chi connectivity index (χ0n) is 19.2. The Morgan fingerprint density at radius 1 is 0.771 bits per heavy atom. The van der Waals surface area contributed by atoms with Crippen molar-refractivity contribution < 1.29 is 21.6 Å². The van der Waals surface area contributed by atoms with Crippen LogP contribution in [0.15, 0.2) is 70.5 Å². The Morgan fingerprint density at radius 2 is 1.43 bits per heavy atom. The SMILES string of the molecule is O=C1[C@@H]2[C@@H](CCS(=O)(=O)c3ccccc3)[C@H]3C[C@@H]4[C@H]5[C@H]6C[C@]4(S(=O)(=O)c4ccccc4)[C@H]1[C@H]6[C@@H]2[C@H]35. The molecule has 6 aliphatic rings. The molecular weight excluding hydrogens is 480 g/mol. The number of hydrogen-bond acceptors (Lipinski definition) is 5. The van der Waals surface area contributed by atoms with E-state index in [-0.39, 0.29) is 47.0 Å². The zero-order chi connectivity index (χ0) is 23.9. The molecule has 0 heterocycles. The Kier molecular flexibility index (Phi) is 3.90. The van der Waals surface area contributed by atoms with E-state index in [2.05, 4.69) is 0 Å². The summed E-state index contributed by atoms with van der Waals surface area (Å²) in [5.41, 5.74) is 0. The Hall–Kier alpha value is -1.99. The number of ketones is 1. The van der Waals surface area contributed by atoms with Crippen LogP contribution < -0.4 is 0 Å². The molecule has 6 fully saturated rings. The molecule has 0 aliphatic heterocycles. The van der Waals surface area contributed by atoms with Gasteiger partial charge in [0.1, 0.15) is 5.78 Å². The minimum atomic E-state index is -3.65. The van der Waals surface area contributed by atoms with E-state index in [1.807, 2.05) is 12.1 Å². The third-order valence-electron chi connectivity index (χ3n) is 11.3. The van der Waals surface area contributed by atoms with Crippen LogP contribution in [0.3, 0.4) is 0 Å². The predicted molar refractivity (Wildman–Crippen MR) is 129 cm³/mol. The summed E-state index contributed by atoms with van der Waals surface area (Å²) in [6.45, 7) is 0. The van der Waals surface area contributed by atoms with Gasteiger partial charge in [0.05, 0.1) is 20.3 Å². The maximum atomic E-state index is 14.2. The summed E-state index contributed by atoms with van der Waals surface area (Å²) >= 11 is 0. The van der Waals surface area contributed by atoms with E-state index in [4.69, 9.17) is 0 Å². The molecule has 182 valence electrons. The van der Waals surface area contributed by atoms with Crippen LogP contribution >= 0.6 is 0 Å². The molecule has 7 heteroatoms. The lowest BCUT2D eigenvalue weighted by atomic mass is 9.70. The van der Waals surface area contributed by atoms with Crippen LogP contribution in [0.4, 0.5) is 0 Å². The van der Waals surface area contributed by atoms with E-state index < -0.39 is 30.3 Å². The molecule has 0 N–H and O–H groups in total. The number of hydrogen-bond donors (Lipinski definition) is 0. The normalized spacial score (nSPS) is 45.8. The first-order valence-electron chi connectivity index (χ1n) is 12.9. The number of fused-ring (bicyclic) bond motifs is 3. The number of Topliss-reactive ketones (excluding diaryl/α,β-unsaturated/α-hetero) is 1. The van der Waals surface area contributed by atoms with Crippen molar-refractivity contribution in [3.05, 3.63) is 60.7 Å². The predicted octanol–water partition coefficient (Wildman–Crippen LogP) is 3.66. The Bertz CT molecular complexity index is 1470. The summed E-state index contributed by atoms with van der Waals surface area (Å²) in [6, 6.07) is 17.3. The van der Waals surface area contributed by atoms with Crippen LogP contribution in [0, 0.1) is 59.2 Å². The number of carbonyl (C=O) groups excluding carboxylic acids is 1. The summed E-state index contributed by atoms with van der Waals surface area (Å²) in [4.78, 5) is 14.8. The molecule has 0 radical (unpaired) electrons. The fourth-order valence-electron chi connectivity index (χ4n) is 10.8. The van der Waals surface area contributed by atoms with Gasteiger partial charge in [0.15, 0.2) is 19.7 Å². The molecule has 2 aromatic carbocycles. The first kappa shape index (κ1) is 21.1. The molecule has 8 rings (SSSR count). The third-order valence-corrected chi connectivity index (χ3v) is 15.7. The summed E-state index contributed by atoms with van der Waals surface area (Å²) in [7, 11) is -7.05. The van der Waals surface area contributed by atoms with Gasteiger partial charge in [-0.3, -0.25) is 4.79 Å². The number of carbonyl (C=O) groups is 1. The highest BCUT2D eigenvalue weighted by molar-refractivity contribution is 7.93. The first-order chi connectivity index (χ1) is 16.8. The van der Waals surface area contributed by atoms with Gasteiger partial charge in [-0.1, -0.05) is 36.4 Å². The van der Waals surface area contributed by atoms with Gasteiger partial charge in [0, 0.05) is 11.8 Å². The van der Waals surface area contributed by atoms with E-state index in [0.717, 1.165) is 6.42 Å². The van der Waals surface area contributed by atoms with Gasteiger partial charge in [-0.15, -0.1) is 0 Å². The van der Waals surface area contributed by atoms with Gasteiger partial charge >= 0.3 is 0 Å². The summed E-state index contributed by atoms with van der Waals surface area (Å²) in [6.07, 6.45) is 2.00. The first-order valence-corrected chi connectivity index (χ1v) is 16.0. The highest BCUT2D eigenvalue weighted by Crippen LogP contribution is 2.86. The smallest absolute Gasteiger partial charge is 0.185 e. The minimum absolute atomic E-state index is 0.0392. The van der Waals surface area contributed by atoms with E-state index in [9.17, 15) is 21.6 Å². The second-order valence-electron chi connectivity index (χ2n) is 11.9. The highest BCUT2D eigenvalue weighted by atomic mass is 32.2. The van der Waals surface area contributed by atoms with Crippen LogP contribution in [0.1, 0.15) is 19.3 Å². The maximum absolute atomic E-state index is 14.2. The van der Waals surface area contributed by atoms with Crippen molar-refractivity contribution in [1.29, 1.82) is 0 Å².